The minimum absolute atomic E-state index is 0.0445. The van der Waals surface area contributed by atoms with Crippen LogP contribution in [0.25, 0.3) is 0 Å². The molecule has 0 saturated carbocycles. The van der Waals surface area contributed by atoms with Gasteiger partial charge in [0.1, 0.15) is 0 Å². The van der Waals surface area contributed by atoms with Crippen LogP contribution in [-0.2, 0) is 9.53 Å². The standard InChI is InChI=1S/C17H23IN4O2/c18-15-3-1-4-16(13-15)20-17(23)14-22(6-2-5-19)8-7-21-9-11-24-12-10-21/h1,3-4,13H,2,6-12,14H2,(H,20,23). The molecule has 0 aromatic heterocycles. The normalized spacial score (nSPS) is 15.2. The number of halogens is 1. The molecule has 1 N–H and O–H groups in total. The molecule has 1 fully saturated rings. The number of ether oxygens (including phenoxy) is 1. The van der Waals surface area contributed by atoms with Crippen LogP contribution in [-0.4, -0.2) is 68.2 Å². The maximum absolute atomic E-state index is 12.3. The lowest BCUT2D eigenvalue weighted by molar-refractivity contribution is -0.117. The van der Waals surface area contributed by atoms with E-state index in [9.17, 15) is 4.79 Å². The predicted molar refractivity (Wildman–Crippen MR) is 102 cm³/mol. The molecule has 7 heteroatoms. The predicted octanol–water partition coefficient (Wildman–Crippen LogP) is 1.78. The van der Waals surface area contributed by atoms with Crippen LogP contribution in [0, 0.1) is 14.9 Å². The van der Waals surface area contributed by atoms with Gasteiger partial charge in [0.15, 0.2) is 0 Å². The van der Waals surface area contributed by atoms with Gasteiger partial charge in [-0.05, 0) is 40.8 Å². The second kappa shape index (κ2) is 10.6. The Morgan fingerprint density at radius 1 is 1.38 bits per heavy atom. The Hall–Kier alpha value is -1.21. The molecule has 1 aromatic rings. The summed E-state index contributed by atoms with van der Waals surface area (Å²) < 4.78 is 6.43. The molecule has 0 radical (unpaired) electrons. The number of nitrogens with one attached hydrogen (secondary N) is 1. The van der Waals surface area contributed by atoms with E-state index in [0.29, 0.717) is 19.5 Å². The summed E-state index contributed by atoms with van der Waals surface area (Å²) in [6.07, 6.45) is 0.430. The topological polar surface area (TPSA) is 68.6 Å². The average Bonchev–Trinajstić information content (AvgIpc) is 2.58. The number of carbonyl (C=O) groups excluding carboxylic acids is 1. The van der Waals surface area contributed by atoms with Gasteiger partial charge in [0.25, 0.3) is 0 Å². The molecule has 130 valence electrons. The number of amides is 1. The summed E-state index contributed by atoms with van der Waals surface area (Å²) in [5, 5.41) is 11.8. The molecule has 6 nitrogen and oxygen atoms in total. The SMILES string of the molecule is N#CCCN(CCN1CCOCC1)CC(=O)Nc1cccc(I)c1. The molecule has 1 aliphatic heterocycles. The van der Waals surface area contributed by atoms with Crippen LogP contribution in [0.15, 0.2) is 24.3 Å². The number of rotatable bonds is 8. The maximum atomic E-state index is 12.3. The van der Waals surface area contributed by atoms with Crippen LogP contribution in [0.4, 0.5) is 5.69 Å². The summed E-state index contributed by atoms with van der Waals surface area (Å²) in [7, 11) is 0. The van der Waals surface area contributed by atoms with Gasteiger partial charge in [0, 0.05) is 48.4 Å². The summed E-state index contributed by atoms with van der Waals surface area (Å²) in [5.74, 6) is -0.0445. The minimum atomic E-state index is -0.0445. The van der Waals surface area contributed by atoms with Gasteiger partial charge in [-0.15, -0.1) is 0 Å². The van der Waals surface area contributed by atoms with Gasteiger partial charge in [-0.25, -0.2) is 0 Å². The van der Waals surface area contributed by atoms with E-state index < -0.39 is 0 Å². The van der Waals surface area contributed by atoms with Crippen molar-refractivity contribution < 1.29 is 9.53 Å². The van der Waals surface area contributed by atoms with Gasteiger partial charge in [0.05, 0.1) is 25.8 Å². The monoisotopic (exact) mass is 442 g/mol. The number of hydrogen-bond donors (Lipinski definition) is 1. The van der Waals surface area contributed by atoms with Crippen molar-refractivity contribution in [3.05, 3.63) is 27.8 Å². The van der Waals surface area contributed by atoms with E-state index in [-0.39, 0.29) is 5.91 Å². The molecule has 2 rings (SSSR count). The highest BCUT2D eigenvalue weighted by Crippen LogP contribution is 2.12. The lowest BCUT2D eigenvalue weighted by Gasteiger charge is -2.29. The molecule has 1 heterocycles. The number of hydrogen-bond acceptors (Lipinski definition) is 5. The highest BCUT2D eigenvalue weighted by atomic mass is 127. The first-order valence-corrected chi connectivity index (χ1v) is 9.20. The van der Waals surface area contributed by atoms with E-state index in [1.807, 2.05) is 29.2 Å². The van der Waals surface area contributed by atoms with Gasteiger partial charge in [-0.2, -0.15) is 5.26 Å². The lowest BCUT2D eigenvalue weighted by Crippen LogP contribution is -2.43. The molecular weight excluding hydrogens is 419 g/mol. The number of nitrogens with zero attached hydrogens (tertiary/aromatic N) is 3. The second-order valence-corrected chi connectivity index (χ2v) is 6.94. The van der Waals surface area contributed by atoms with E-state index in [4.69, 9.17) is 10.00 Å². The van der Waals surface area contributed by atoms with Gasteiger partial charge in [0.2, 0.25) is 5.91 Å². The first-order valence-electron chi connectivity index (χ1n) is 8.12. The summed E-state index contributed by atoms with van der Waals surface area (Å²) in [5.41, 5.74) is 0.806. The van der Waals surface area contributed by atoms with Crippen molar-refractivity contribution in [3.63, 3.8) is 0 Å². The molecule has 1 saturated heterocycles. The van der Waals surface area contributed by atoms with Crippen LogP contribution in [0.1, 0.15) is 6.42 Å². The van der Waals surface area contributed by atoms with Gasteiger partial charge >= 0.3 is 0 Å². The zero-order valence-corrected chi connectivity index (χ0v) is 15.9. The van der Waals surface area contributed by atoms with Crippen molar-refractivity contribution >= 4 is 34.2 Å². The highest BCUT2D eigenvalue weighted by Gasteiger charge is 2.15. The Morgan fingerprint density at radius 3 is 2.88 bits per heavy atom. The van der Waals surface area contributed by atoms with E-state index in [2.05, 4.69) is 38.9 Å². The smallest absolute Gasteiger partial charge is 0.238 e. The van der Waals surface area contributed by atoms with Crippen molar-refractivity contribution in [1.29, 1.82) is 5.26 Å². The van der Waals surface area contributed by atoms with E-state index in [1.54, 1.807) is 0 Å². The zero-order chi connectivity index (χ0) is 17.2. The first kappa shape index (κ1) is 19.1. The van der Waals surface area contributed by atoms with Crippen LogP contribution < -0.4 is 5.32 Å². The largest absolute Gasteiger partial charge is 0.379 e. The van der Waals surface area contributed by atoms with Crippen molar-refractivity contribution in [2.45, 2.75) is 6.42 Å². The quantitative estimate of drug-likeness (QED) is 0.622. The fraction of sp³-hybridized carbons (Fsp3) is 0.529. The Labute approximate surface area is 156 Å². The molecule has 1 aliphatic rings. The van der Waals surface area contributed by atoms with Gasteiger partial charge in [-0.3, -0.25) is 14.6 Å². The van der Waals surface area contributed by atoms with Crippen LogP contribution >= 0.6 is 22.6 Å². The van der Waals surface area contributed by atoms with Gasteiger partial charge in [-0.1, -0.05) is 6.07 Å². The molecule has 1 amide bonds. The number of anilines is 1. The summed E-state index contributed by atoms with van der Waals surface area (Å²) in [6.45, 7) is 5.99. The Bertz CT molecular complexity index is 570. The van der Waals surface area contributed by atoms with Crippen LogP contribution in [0.5, 0.6) is 0 Å². The number of nitriles is 1. The first-order chi connectivity index (χ1) is 11.7. The van der Waals surface area contributed by atoms with Crippen molar-refractivity contribution in [3.8, 4) is 6.07 Å². The molecule has 0 bridgehead atoms. The molecule has 1 aromatic carbocycles. The summed E-state index contributed by atoms with van der Waals surface area (Å²) in [4.78, 5) is 16.7. The molecule has 0 unspecified atom stereocenters. The number of benzene rings is 1. The minimum Gasteiger partial charge on any atom is -0.379 e. The average molecular weight is 442 g/mol. The van der Waals surface area contributed by atoms with Gasteiger partial charge < -0.3 is 10.1 Å². The van der Waals surface area contributed by atoms with Crippen LogP contribution in [0.3, 0.4) is 0 Å². The number of morpholine rings is 1. The number of carbonyl (C=O) groups is 1. The van der Waals surface area contributed by atoms with Crippen molar-refractivity contribution in [2.75, 3.05) is 57.8 Å². The third kappa shape index (κ3) is 7.13. The Morgan fingerprint density at radius 2 is 2.17 bits per heavy atom. The third-order valence-electron chi connectivity index (χ3n) is 3.85. The maximum Gasteiger partial charge on any atom is 0.238 e. The summed E-state index contributed by atoms with van der Waals surface area (Å²) in [6, 6.07) is 9.88. The second-order valence-electron chi connectivity index (χ2n) is 5.70. The fourth-order valence-electron chi connectivity index (χ4n) is 2.56. The zero-order valence-electron chi connectivity index (χ0n) is 13.7. The van der Waals surface area contributed by atoms with E-state index in [1.165, 1.54) is 0 Å². The molecular formula is C17H23IN4O2. The highest BCUT2D eigenvalue weighted by molar-refractivity contribution is 14.1. The third-order valence-corrected chi connectivity index (χ3v) is 4.52. The Kier molecular flexibility index (Phi) is 8.45. The van der Waals surface area contributed by atoms with Crippen molar-refractivity contribution in [2.24, 2.45) is 0 Å². The lowest BCUT2D eigenvalue weighted by atomic mass is 10.3. The van der Waals surface area contributed by atoms with Crippen molar-refractivity contribution in [1.82, 2.24) is 9.80 Å². The molecule has 0 aliphatic carbocycles. The fourth-order valence-corrected chi connectivity index (χ4v) is 3.10. The van der Waals surface area contributed by atoms with E-state index in [0.717, 1.165) is 48.7 Å². The molecule has 0 atom stereocenters. The van der Waals surface area contributed by atoms with E-state index >= 15 is 0 Å². The Balaban J connectivity index is 1.82. The molecule has 0 spiro atoms. The molecule has 24 heavy (non-hydrogen) atoms. The van der Waals surface area contributed by atoms with Crippen LogP contribution in [0.2, 0.25) is 0 Å². The summed E-state index contributed by atoms with van der Waals surface area (Å²) >= 11 is 2.22.